The maximum absolute atomic E-state index is 12.2. The summed E-state index contributed by atoms with van der Waals surface area (Å²) in [5, 5.41) is 12.5. The maximum Gasteiger partial charge on any atom is 0.228 e. The minimum Gasteiger partial charge on any atom is -0.374 e. The van der Waals surface area contributed by atoms with Crippen LogP contribution in [0.4, 0.5) is 10.8 Å². The first-order chi connectivity index (χ1) is 13.5. The number of pyridine rings is 1. The molecule has 0 aliphatic heterocycles. The van der Waals surface area contributed by atoms with Gasteiger partial charge in [0.05, 0.1) is 18.3 Å². The summed E-state index contributed by atoms with van der Waals surface area (Å²) in [5.74, 6) is 1.07. The number of nitrogens with zero attached hydrogens (tertiary/aromatic N) is 3. The molecule has 7 heteroatoms. The first-order valence-corrected chi connectivity index (χ1v) is 10.3. The Kier molecular flexibility index (Phi) is 5.34. The molecule has 1 amide bonds. The van der Waals surface area contributed by atoms with Crippen LogP contribution in [-0.2, 0) is 17.6 Å². The molecule has 4 rings (SSSR count). The molecule has 0 radical (unpaired) electrons. The first-order valence-electron chi connectivity index (χ1n) is 9.44. The van der Waals surface area contributed by atoms with Crippen molar-refractivity contribution in [3.63, 3.8) is 0 Å². The average Bonchev–Trinajstić information content (AvgIpc) is 3.05. The maximum atomic E-state index is 12.2. The van der Waals surface area contributed by atoms with Crippen molar-refractivity contribution >= 4 is 28.1 Å². The largest absolute Gasteiger partial charge is 0.374 e. The number of carbonyl (C=O) groups is 1. The summed E-state index contributed by atoms with van der Waals surface area (Å²) in [6.07, 6.45) is 5.26. The molecule has 1 saturated carbocycles. The van der Waals surface area contributed by atoms with Crippen molar-refractivity contribution in [1.82, 2.24) is 15.2 Å². The zero-order valence-corrected chi connectivity index (χ0v) is 16.6. The van der Waals surface area contributed by atoms with Gasteiger partial charge in [-0.2, -0.15) is 0 Å². The van der Waals surface area contributed by atoms with E-state index in [0.717, 1.165) is 46.8 Å². The van der Waals surface area contributed by atoms with Gasteiger partial charge in [-0.25, -0.2) is 0 Å². The van der Waals surface area contributed by atoms with Crippen molar-refractivity contribution in [3.8, 4) is 0 Å². The van der Waals surface area contributed by atoms with Crippen LogP contribution < -0.4 is 11.1 Å². The van der Waals surface area contributed by atoms with Crippen LogP contribution in [0.25, 0.3) is 0 Å². The summed E-state index contributed by atoms with van der Waals surface area (Å²) in [4.78, 5) is 16.7. The van der Waals surface area contributed by atoms with Crippen LogP contribution in [0.5, 0.6) is 0 Å². The lowest BCUT2D eigenvalue weighted by atomic mass is 9.73. The van der Waals surface area contributed by atoms with Gasteiger partial charge in [-0.3, -0.25) is 9.78 Å². The van der Waals surface area contributed by atoms with Crippen LogP contribution in [0.3, 0.4) is 0 Å². The summed E-state index contributed by atoms with van der Waals surface area (Å²) in [6, 6.07) is 11.9. The van der Waals surface area contributed by atoms with Crippen LogP contribution in [0.15, 0.2) is 42.6 Å². The van der Waals surface area contributed by atoms with E-state index in [9.17, 15) is 4.79 Å². The second-order valence-electron chi connectivity index (χ2n) is 7.47. The monoisotopic (exact) mass is 393 g/mol. The number of aromatic nitrogens is 3. The van der Waals surface area contributed by atoms with E-state index in [1.54, 1.807) is 6.20 Å². The summed E-state index contributed by atoms with van der Waals surface area (Å²) >= 11 is 1.49. The van der Waals surface area contributed by atoms with Gasteiger partial charge in [0.25, 0.3) is 0 Å². The Bertz CT molecular complexity index is 963. The highest BCUT2D eigenvalue weighted by Gasteiger charge is 2.32. The first kappa shape index (κ1) is 18.6. The van der Waals surface area contributed by atoms with E-state index < -0.39 is 0 Å². The van der Waals surface area contributed by atoms with Crippen LogP contribution in [-0.4, -0.2) is 21.1 Å². The predicted molar refractivity (Wildman–Crippen MR) is 111 cm³/mol. The van der Waals surface area contributed by atoms with E-state index in [-0.39, 0.29) is 5.91 Å². The minimum absolute atomic E-state index is 0.0293. The fourth-order valence-electron chi connectivity index (χ4n) is 3.64. The number of amides is 1. The number of nitrogen functional groups attached to an aromatic ring is 1. The third-order valence-electron chi connectivity index (χ3n) is 5.09. The summed E-state index contributed by atoms with van der Waals surface area (Å²) < 4.78 is 0. The molecule has 0 spiro atoms. The lowest BCUT2D eigenvalue weighted by molar-refractivity contribution is -0.115. The molecular formula is C21H23N5OS. The van der Waals surface area contributed by atoms with Gasteiger partial charge in [0.2, 0.25) is 11.0 Å². The van der Waals surface area contributed by atoms with Gasteiger partial charge in [0, 0.05) is 11.6 Å². The molecule has 3 aromatic rings. The Hall–Kier alpha value is -2.80. The Morgan fingerprint density at radius 3 is 2.79 bits per heavy atom. The number of carbonyl (C=O) groups excluding carboxylic acids is 1. The normalized spacial score (nSPS) is 18.5. The third kappa shape index (κ3) is 4.54. The molecule has 0 atom stereocenters. The van der Waals surface area contributed by atoms with Crippen molar-refractivity contribution in [2.75, 3.05) is 11.1 Å². The number of anilines is 2. The molecule has 1 aliphatic rings. The van der Waals surface area contributed by atoms with Gasteiger partial charge in [0.1, 0.15) is 5.01 Å². The quantitative estimate of drug-likeness (QED) is 0.665. The number of hydrogen-bond donors (Lipinski definition) is 2. The summed E-state index contributed by atoms with van der Waals surface area (Å²) in [6.45, 7) is 2.03. The minimum atomic E-state index is -0.0293. The van der Waals surface area contributed by atoms with Crippen molar-refractivity contribution in [3.05, 3.63) is 64.4 Å². The fourth-order valence-corrected chi connectivity index (χ4v) is 4.38. The van der Waals surface area contributed by atoms with Crippen molar-refractivity contribution < 1.29 is 4.79 Å². The number of rotatable bonds is 6. The van der Waals surface area contributed by atoms with Crippen molar-refractivity contribution in [2.45, 2.75) is 38.5 Å². The molecule has 0 bridgehead atoms. The lowest BCUT2D eigenvalue weighted by Gasteiger charge is -2.33. The standard InChI is InChI=1S/C21H23N5OS/c1-13-3-2-4-14(7-13)11-19(27)24-18-6-5-17(23-12-18)10-15-8-16(9-15)20-25-26-21(22)28-20/h2-7,12,15-16H,8-11H2,1H3,(H2,22,26)(H,24,27). The smallest absolute Gasteiger partial charge is 0.228 e. The molecule has 1 aliphatic carbocycles. The Balaban J connectivity index is 1.25. The molecule has 2 aromatic heterocycles. The van der Waals surface area contributed by atoms with Gasteiger partial charge in [0.15, 0.2) is 0 Å². The molecule has 28 heavy (non-hydrogen) atoms. The lowest BCUT2D eigenvalue weighted by Crippen LogP contribution is -2.24. The van der Waals surface area contributed by atoms with E-state index in [4.69, 9.17) is 5.73 Å². The number of nitrogens with one attached hydrogen (secondary N) is 1. The zero-order chi connectivity index (χ0) is 19.5. The van der Waals surface area contributed by atoms with Crippen LogP contribution in [0.1, 0.15) is 40.6 Å². The van der Waals surface area contributed by atoms with E-state index in [1.165, 1.54) is 11.3 Å². The molecule has 2 heterocycles. The molecular weight excluding hydrogens is 370 g/mol. The highest BCUT2D eigenvalue weighted by Crippen LogP contribution is 2.44. The molecule has 6 nitrogen and oxygen atoms in total. The van der Waals surface area contributed by atoms with E-state index in [2.05, 4.69) is 20.5 Å². The van der Waals surface area contributed by atoms with E-state index >= 15 is 0 Å². The molecule has 0 unspecified atom stereocenters. The highest BCUT2D eigenvalue weighted by atomic mass is 32.1. The number of aryl methyl sites for hydroxylation is 1. The predicted octanol–water partition coefficient (Wildman–Crippen LogP) is 3.74. The molecule has 0 saturated heterocycles. The van der Waals surface area contributed by atoms with E-state index in [0.29, 0.717) is 23.4 Å². The SMILES string of the molecule is Cc1cccc(CC(=O)Nc2ccc(CC3CC(c4nnc(N)s4)C3)nc2)c1. The van der Waals surface area contributed by atoms with Crippen molar-refractivity contribution in [1.29, 1.82) is 0 Å². The van der Waals surface area contributed by atoms with E-state index in [1.807, 2.05) is 43.3 Å². The summed E-state index contributed by atoms with van der Waals surface area (Å²) in [7, 11) is 0. The Morgan fingerprint density at radius 2 is 2.11 bits per heavy atom. The summed E-state index contributed by atoms with van der Waals surface area (Å²) in [5.41, 5.74) is 9.61. The van der Waals surface area contributed by atoms with Crippen LogP contribution >= 0.6 is 11.3 Å². The second-order valence-corrected chi connectivity index (χ2v) is 8.51. The Labute approximate surface area is 168 Å². The van der Waals surface area contributed by atoms with Gasteiger partial charge in [-0.15, -0.1) is 10.2 Å². The highest BCUT2D eigenvalue weighted by molar-refractivity contribution is 7.15. The number of nitrogens with two attached hydrogens (primary N) is 1. The molecule has 1 fully saturated rings. The van der Waals surface area contributed by atoms with Crippen LogP contribution in [0.2, 0.25) is 0 Å². The van der Waals surface area contributed by atoms with Crippen LogP contribution in [0, 0.1) is 12.8 Å². The van der Waals surface area contributed by atoms with Gasteiger partial charge in [-0.1, -0.05) is 41.2 Å². The van der Waals surface area contributed by atoms with Gasteiger partial charge in [-0.05, 0) is 49.8 Å². The van der Waals surface area contributed by atoms with Gasteiger partial charge < -0.3 is 11.1 Å². The molecule has 144 valence electrons. The molecule has 1 aromatic carbocycles. The fraction of sp³-hybridized carbons (Fsp3) is 0.333. The number of hydrogen-bond acceptors (Lipinski definition) is 6. The second kappa shape index (κ2) is 8.06. The molecule has 3 N–H and O–H groups in total. The van der Waals surface area contributed by atoms with Gasteiger partial charge >= 0.3 is 0 Å². The third-order valence-corrected chi connectivity index (χ3v) is 6.01. The average molecular weight is 394 g/mol. The zero-order valence-electron chi connectivity index (χ0n) is 15.8. The Morgan fingerprint density at radius 1 is 1.25 bits per heavy atom. The topological polar surface area (TPSA) is 93.8 Å². The van der Waals surface area contributed by atoms with Crippen molar-refractivity contribution in [2.24, 2.45) is 5.92 Å². The number of benzene rings is 1.